The molecule has 0 spiro atoms. The van der Waals surface area contributed by atoms with Crippen molar-refractivity contribution < 1.29 is 4.42 Å². The molecule has 0 radical (unpaired) electrons. The molecule has 0 aliphatic heterocycles. The third-order valence-electron chi connectivity index (χ3n) is 2.66. The summed E-state index contributed by atoms with van der Waals surface area (Å²) in [7, 11) is 0. The lowest BCUT2D eigenvalue weighted by molar-refractivity contribution is 0.541. The summed E-state index contributed by atoms with van der Waals surface area (Å²) in [4.78, 5) is 4.34. The maximum atomic E-state index is 5.97. The van der Waals surface area contributed by atoms with E-state index in [4.69, 9.17) is 16.0 Å². The number of furan rings is 1. The van der Waals surface area contributed by atoms with Crippen molar-refractivity contribution in [2.24, 2.45) is 5.92 Å². The predicted octanol–water partition coefficient (Wildman–Crippen LogP) is 3.89. The number of anilines is 1. The molecule has 0 fully saturated rings. The van der Waals surface area contributed by atoms with Crippen LogP contribution in [0.25, 0.3) is 11.0 Å². The van der Waals surface area contributed by atoms with E-state index in [0.717, 1.165) is 23.2 Å². The third-order valence-corrected chi connectivity index (χ3v) is 3.04. The molecular formula is C13H17ClN2O. The number of aromatic nitrogens is 1. The van der Waals surface area contributed by atoms with Gasteiger partial charge in [0, 0.05) is 18.1 Å². The zero-order valence-electron chi connectivity index (χ0n) is 10.1. The summed E-state index contributed by atoms with van der Waals surface area (Å²) in [6.45, 7) is 4.38. The number of halogens is 1. The van der Waals surface area contributed by atoms with Crippen molar-refractivity contribution in [3.05, 3.63) is 24.6 Å². The molecule has 2 aromatic rings. The van der Waals surface area contributed by atoms with E-state index >= 15 is 0 Å². The fourth-order valence-corrected chi connectivity index (χ4v) is 2.14. The monoisotopic (exact) mass is 252 g/mol. The molecule has 0 saturated carbocycles. The quantitative estimate of drug-likeness (QED) is 0.821. The molecule has 0 aromatic carbocycles. The summed E-state index contributed by atoms with van der Waals surface area (Å²) in [6.07, 6.45) is 4.45. The Balaban J connectivity index is 2.19. The Morgan fingerprint density at radius 2 is 2.24 bits per heavy atom. The van der Waals surface area contributed by atoms with Crippen LogP contribution in [0.3, 0.4) is 0 Å². The first-order chi connectivity index (χ1) is 8.20. The molecule has 1 unspecified atom stereocenters. The number of fused-ring (bicyclic) bond motifs is 1. The van der Waals surface area contributed by atoms with Crippen LogP contribution < -0.4 is 5.32 Å². The Hall–Kier alpha value is -1.22. The van der Waals surface area contributed by atoms with Crippen molar-refractivity contribution in [3.8, 4) is 0 Å². The summed E-state index contributed by atoms with van der Waals surface area (Å²) >= 11 is 5.97. The smallest absolute Gasteiger partial charge is 0.139 e. The summed E-state index contributed by atoms with van der Waals surface area (Å²) in [5.41, 5.74) is 0.848. The van der Waals surface area contributed by atoms with Gasteiger partial charge in [0.05, 0.1) is 11.6 Å². The molecule has 0 amide bonds. The molecule has 0 aliphatic carbocycles. The molecule has 0 saturated heterocycles. The fourth-order valence-electron chi connectivity index (χ4n) is 1.93. The Labute approximate surface area is 106 Å². The van der Waals surface area contributed by atoms with E-state index in [1.54, 1.807) is 12.5 Å². The van der Waals surface area contributed by atoms with Gasteiger partial charge in [-0.05, 0) is 24.5 Å². The Kier molecular flexibility index (Phi) is 3.89. The van der Waals surface area contributed by atoms with E-state index in [1.165, 1.54) is 0 Å². The number of hydrogen-bond acceptors (Lipinski definition) is 3. The van der Waals surface area contributed by atoms with Gasteiger partial charge >= 0.3 is 0 Å². The van der Waals surface area contributed by atoms with Crippen LogP contribution in [-0.2, 0) is 0 Å². The minimum absolute atomic E-state index is 0.240. The van der Waals surface area contributed by atoms with Crippen molar-refractivity contribution >= 4 is 28.4 Å². The molecule has 4 heteroatoms. The number of alkyl halides is 1. The lowest BCUT2D eigenvalue weighted by atomic mass is 10.1. The van der Waals surface area contributed by atoms with Gasteiger partial charge in [0.2, 0.25) is 0 Å². The highest BCUT2D eigenvalue weighted by atomic mass is 35.5. The third kappa shape index (κ3) is 2.91. The van der Waals surface area contributed by atoms with Gasteiger partial charge in [-0.15, -0.1) is 11.6 Å². The zero-order chi connectivity index (χ0) is 12.3. The Morgan fingerprint density at radius 1 is 1.41 bits per heavy atom. The second-order valence-electron chi connectivity index (χ2n) is 4.62. The van der Waals surface area contributed by atoms with Crippen LogP contribution in [0, 0.1) is 5.92 Å². The van der Waals surface area contributed by atoms with E-state index < -0.39 is 0 Å². The SMILES string of the molecule is CC(C)CC(CCl)Nc1nccc2occc12. The average Bonchev–Trinajstić information content (AvgIpc) is 2.76. The molecule has 0 bridgehead atoms. The molecule has 3 nitrogen and oxygen atoms in total. The van der Waals surface area contributed by atoms with Crippen molar-refractivity contribution in [2.45, 2.75) is 26.3 Å². The van der Waals surface area contributed by atoms with Crippen molar-refractivity contribution in [2.75, 3.05) is 11.2 Å². The zero-order valence-corrected chi connectivity index (χ0v) is 10.9. The lowest BCUT2D eigenvalue weighted by Gasteiger charge is -2.18. The number of nitrogens with one attached hydrogen (secondary N) is 1. The largest absolute Gasteiger partial charge is 0.464 e. The second kappa shape index (κ2) is 5.41. The highest BCUT2D eigenvalue weighted by Crippen LogP contribution is 2.23. The van der Waals surface area contributed by atoms with Gasteiger partial charge in [-0.2, -0.15) is 0 Å². The van der Waals surface area contributed by atoms with E-state index in [2.05, 4.69) is 24.1 Å². The molecule has 2 aromatic heterocycles. The van der Waals surface area contributed by atoms with Gasteiger partial charge in [-0.1, -0.05) is 13.8 Å². The van der Waals surface area contributed by atoms with Crippen molar-refractivity contribution in [3.63, 3.8) is 0 Å². The van der Waals surface area contributed by atoms with E-state index in [-0.39, 0.29) is 6.04 Å². The van der Waals surface area contributed by atoms with Gasteiger partial charge in [0.15, 0.2) is 0 Å². The van der Waals surface area contributed by atoms with Crippen LogP contribution in [0.15, 0.2) is 29.0 Å². The summed E-state index contributed by atoms with van der Waals surface area (Å²) < 4.78 is 5.34. The Bertz CT molecular complexity index is 481. The first kappa shape index (κ1) is 12.2. The maximum Gasteiger partial charge on any atom is 0.139 e. The van der Waals surface area contributed by atoms with E-state index in [9.17, 15) is 0 Å². The Morgan fingerprint density at radius 3 is 2.94 bits per heavy atom. The van der Waals surface area contributed by atoms with Crippen LogP contribution in [0.2, 0.25) is 0 Å². The molecule has 2 heterocycles. The van der Waals surface area contributed by atoms with Gasteiger partial charge in [0.25, 0.3) is 0 Å². The van der Waals surface area contributed by atoms with Gasteiger partial charge in [-0.25, -0.2) is 4.98 Å². The van der Waals surface area contributed by atoms with Crippen LogP contribution in [0.1, 0.15) is 20.3 Å². The topological polar surface area (TPSA) is 38.1 Å². The molecule has 0 aliphatic rings. The highest BCUT2D eigenvalue weighted by Gasteiger charge is 2.12. The fraction of sp³-hybridized carbons (Fsp3) is 0.462. The average molecular weight is 253 g/mol. The summed E-state index contributed by atoms with van der Waals surface area (Å²) in [6, 6.07) is 4.02. The lowest BCUT2D eigenvalue weighted by Crippen LogP contribution is -2.23. The summed E-state index contributed by atoms with van der Waals surface area (Å²) in [5, 5.41) is 4.39. The standard InChI is InChI=1S/C13H17ClN2O/c1-9(2)7-10(8-14)16-13-11-4-6-17-12(11)3-5-15-13/h3-6,9-10H,7-8H2,1-2H3,(H,15,16). The minimum Gasteiger partial charge on any atom is -0.464 e. The number of nitrogens with zero attached hydrogens (tertiary/aromatic N) is 1. The minimum atomic E-state index is 0.240. The normalized spacial score (nSPS) is 13.2. The highest BCUT2D eigenvalue weighted by molar-refractivity contribution is 6.18. The number of pyridine rings is 1. The molecule has 1 N–H and O–H groups in total. The number of rotatable bonds is 5. The summed E-state index contributed by atoms with van der Waals surface area (Å²) in [5.74, 6) is 2.03. The molecule has 2 rings (SSSR count). The van der Waals surface area contributed by atoms with Crippen molar-refractivity contribution in [1.82, 2.24) is 4.98 Å². The molecule has 17 heavy (non-hydrogen) atoms. The first-order valence-corrected chi connectivity index (χ1v) is 6.39. The molecule has 1 atom stereocenters. The van der Waals surface area contributed by atoms with Crippen LogP contribution in [-0.4, -0.2) is 16.9 Å². The van der Waals surface area contributed by atoms with E-state index in [0.29, 0.717) is 11.8 Å². The molecule has 92 valence electrons. The predicted molar refractivity (Wildman–Crippen MR) is 71.6 cm³/mol. The van der Waals surface area contributed by atoms with Crippen LogP contribution >= 0.6 is 11.6 Å². The first-order valence-electron chi connectivity index (χ1n) is 5.85. The maximum absolute atomic E-state index is 5.97. The number of hydrogen-bond donors (Lipinski definition) is 1. The van der Waals surface area contributed by atoms with Gasteiger partial charge in [0.1, 0.15) is 11.4 Å². The second-order valence-corrected chi connectivity index (χ2v) is 4.93. The van der Waals surface area contributed by atoms with Gasteiger partial charge in [-0.3, -0.25) is 0 Å². The molecular weight excluding hydrogens is 236 g/mol. The van der Waals surface area contributed by atoms with Crippen molar-refractivity contribution in [1.29, 1.82) is 0 Å². The van der Waals surface area contributed by atoms with E-state index in [1.807, 2.05) is 12.1 Å². The van der Waals surface area contributed by atoms with Gasteiger partial charge < -0.3 is 9.73 Å². The van der Waals surface area contributed by atoms with Crippen LogP contribution in [0.5, 0.6) is 0 Å². The van der Waals surface area contributed by atoms with Crippen LogP contribution in [0.4, 0.5) is 5.82 Å².